The minimum absolute atomic E-state index is 0.576. The van der Waals surface area contributed by atoms with Crippen molar-refractivity contribution in [3.8, 4) is 22.5 Å². The van der Waals surface area contributed by atoms with Crippen LogP contribution in [0.15, 0.2) is 59.2 Å². The third-order valence-electron chi connectivity index (χ3n) is 3.26. The number of aromatic nitrogens is 4. The Balaban J connectivity index is 1.93. The molecule has 0 unspecified atom stereocenters. The molecule has 1 N–H and O–H groups in total. The van der Waals surface area contributed by atoms with Crippen molar-refractivity contribution in [2.75, 3.05) is 0 Å². The zero-order valence-corrected chi connectivity index (χ0v) is 10.4. The Kier molecular flexibility index (Phi) is 2.35. The summed E-state index contributed by atoms with van der Waals surface area (Å²) in [5, 5.41) is 15.1. The van der Waals surface area contributed by atoms with Gasteiger partial charge in [0.15, 0.2) is 0 Å². The normalized spacial score (nSPS) is 11.0. The summed E-state index contributed by atoms with van der Waals surface area (Å²) in [7, 11) is 0. The standard InChI is InChI=1S/C15H10N4O/c1-2-4-10(5-3-1)13-9-20-14-7-6-11(8-12(13)14)15-16-18-19-17-15/h1-9H,(H,16,17,18,19). The van der Waals surface area contributed by atoms with Crippen LogP contribution >= 0.6 is 0 Å². The molecule has 96 valence electrons. The Morgan fingerprint density at radius 3 is 2.65 bits per heavy atom. The summed E-state index contributed by atoms with van der Waals surface area (Å²) in [6, 6.07) is 16.0. The first kappa shape index (κ1) is 10.9. The maximum Gasteiger partial charge on any atom is 0.204 e. The molecule has 0 atom stereocenters. The molecule has 0 amide bonds. The Morgan fingerprint density at radius 2 is 1.85 bits per heavy atom. The lowest BCUT2D eigenvalue weighted by atomic mass is 10.0. The minimum Gasteiger partial charge on any atom is -0.464 e. The van der Waals surface area contributed by atoms with E-state index in [1.54, 1.807) is 6.26 Å². The van der Waals surface area contributed by atoms with E-state index in [-0.39, 0.29) is 0 Å². The molecule has 0 spiro atoms. The molecule has 2 aromatic carbocycles. The SMILES string of the molecule is c1ccc(-c2coc3ccc(-c4nn[nH]n4)cc23)cc1. The van der Waals surface area contributed by atoms with Gasteiger partial charge < -0.3 is 4.42 Å². The van der Waals surface area contributed by atoms with Gasteiger partial charge in [-0.1, -0.05) is 30.3 Å². The molecule has 5 nitrogen and oxygen atoms in total. The number of hydrogen-bond donors (Lipinski definition) is 1. The van der Waals surface area contributed by atoms with Crippen LogP contribution in [0.2, 0.25) is 0 Å². The van der Waals surface area contributed by atoms with Gasteiger partial charge in [-0.3, -0.25) is 0 Å². The van der Waals surface area contributed by atoms with E-state index < -0.39 is 0 Å². The van der Waals surface area contributed by atoms with Gasteiger partial charge in [0.05, 0.1) is 6.26 Å². The number of nitrogens with zero attached hydrogens (tertiary/aromatic N) is 3. The molecule has 2 aromatic heterocycles. The zero-order valence-electron chi connectivity index (χ0n) is 10.4. The molecule has 0 aliphatic carbocycles. The van der Waals surface area contributed by atoms with E-state index >= 15 is 0 Å². The smallest absolute Gasteiger partial charge is 0.204 e. The fourth-order valence-corrected chi connectivity index (χ4v) is 2.29. The third kappa shape index (κ3) is 1.68. The van der Waals surface area contributed by atoms with Crippen LogP contribution in [-0.4, -0.2) is 20.6 Å². The molecule has 5 heteroatoms. The van der Waals surface area contributed by atoms with E-state index in [2.05, 4.69) is 32.8 Å². The maximum absolute atomic E-state index is 5.61. The van der Waals surface area contributed by atoms with Crippen LogP contribution in [0, 0.1) is 0 Å². The predicted molar refractivity (Wildman–Crippen MR) is 74.8 cm³/mol. The van der Waals surface area contributed by atoms with Crippen molar-refractivity contribution in [1.82, 2.24) is 20.6 Å². The van der Waals surface area contributed by atoms with Gasteiger partial charge >= 0.3 is 0 Å². The molecule has 0 bridgehead atoms. The van der Waals surface area contributed by atoms with Gasteiger partial charge in [-0.2, -0.15) is 5.21 Å². The molecule has 0 aliphatic heterocycles. The summed E-state index contributed by atoms with van der Waals surface area (Å²) >= 11 is 0. The Labute approximate surface area is 114 Å². The molecule has 20 heavy (non-hydrogen) atoms. The summed E-state index contributed by atoms with van der Waals surface area (Å²) in [6.07, 6.45) is 1.78. The number of H-pyrrole nitrogens is 1. The molecule has 2 heterocycles. The van der Waals surface area contributed by atoms with Gasteiger partial charge in [0.25, 0.3) is 0 Å². The van der Waals surface area contributed by atoms with E-state index in [4.69, 9.17) is 4.42 Å². The van der Waals surface area contributed by atoms with Crippen molar-refractivity contribution in [3.63, 3.8) is 0 Å². The van der Waals surface area contributed by atoms with Crippen LogP contribution in [0.5, 0.6) is 0 Å². The van der Waals surface area contributed by atoms with E-state index in [1.807, 2.05) is 36.4 Å². The summed E-state index contributed by atoms with van der Waals surface area (Å²) in [5.74, 6) is 0.576. The second kappa shape index (κ2) is 4.31. The molecule has 0 aliphatic rings. The molecule has 0 radical (unpaired) electrons. The fourth-order valence-electron chi connectivity index (χ4n) is 2.29. The highest BCUT2D eigenvalue weighted by atomic mass is 16.3. The van der Waals surface area contributed by atoms with E-state index in [9.17, 15) is 0 Å². The number of furan rings is 1. The lowest BCUT2D eigenvalue weighted by Gasteiger charge is -1.99. The number of hydrogen-bond acceptors (Lipinski definition) is 4. The minimum atomic E-state index is 0.576. The highest BCUT2D eigenvalue weighted by Gasteiger charge is 2.10. The molecule has 4 aromatic rings. The highest BCUT2D eigenvalue weighted by Crippen LogP contribution is 2.32. The van der Waals surface area contributed by atoms with E-state index in [0.29, 0.717) is 5.82 Å². The average molecular weight is 262 g/mol. The number of benzene rings is 2. The molecular weight excluding hydrogens is 252 g/mol. The first-order valence-electron chi connectivity index (χ1n) is 6.22. The Morgan fingerprint density at radius 1 is 0.950 bits per heavy atom. The van der Waals surface area contributed by atoms with Gasteiger partial charge in [0.2, 0.25) is 5.82 Å². The van der Waals surface area contributed by atoms with Crippen LogP contribution in [0.3, 0.4) is 0 Å². The maximum atomic E-state index is 5.61. The molecule has 0 saturated heterocycles. The lowest BCUT2D eigenvalue weighted by Crippen LogP contribution is -1.81. The number of rotatable bonds is 2. The fraction of sp³-hybridized carbons (Fsp3) is 0. The van der Waals surface area contributed by atoms with Gasteiger partial charge in [-0.25, -0.2) is 0 Å². The first-order valence-corrected chi connectivity index (χ1v) is 6.22. The second-order valence-electron chi connectivity index (χ2n) is 4.46. The second-order valence-corrected chi connectivity index (χ2v) is 4.46. The van der Waals surface area contributed by atoms with Crippen LogP contribution in [0.1, 0.15) is 0 Å². The van der Waals surface area contributed by atoms with Crippen molar-refractivity contribution in [3.05, 3.63) is 54.8 Å². The Hall–Kier alpha value is -2.95. The van der Waals surface area contributed by atoms with Gasteiger partial charge in [-0.05, 0) is 29.0 Å². The number of aromatic amines is 1. The Bertz CT molecular complexity index is 850. The van der Waals surface area contributed by atoms with Crippen molar-refractivity contribution in [2.24, 2.45) is 0 Å². The van der Waals surface area contributed by atoms with Gasteiger partial charge in [0, 0.05) is 16.5 Å². The zero-order chi connectivity index (χ0) is 13.4. The quantitative estimate of drug-likeness (QED) is 0.602. The average Bonchev–Trinajstić information content (AvgIpc) is 3.17. The summed E-state index contributed by atoms with van der Waals surface area (Å²) < 4.78 is 5.61. The monoisotopic (exact) mass is 262 g/mol. The highest BCUT2D eigenvalue weighted by molar-refractivity contribution is 5.96. The topological polar surface area (TPSA) is 67.6 Å². The van der Waals surface area contributed by atoms with Crippen LogP contribution in [0.25, 0.3) is 33.5 Å². The van der Waals surface area contributed by atoms with E-state index in [0.717, 1.165) is 27.7 Å². The van der Waals surface area contributed by atoms with Crippen molar-refractivity contribution >= 4 is 11.0 Å². The number of fused-ring (bicyclic) bond motifs is 1. The third-order valence-corrected chi connectivity index (χ3v) is 3.26. The van der Waals surface area contributed by atoms with Crippen LogP contribution in [0.4, 0.5) is 0 Å². The molecular formula is C15H10N4O. The van der Waals surface area contributed by atoms with Gasteiger partial charge in [-0.15, -0.1) is 10.2 Å². The summed E-state index contributed by atoms with van der Waals surface area (Å²) in [5.41, 5.74) is 3.93. The number of tetrazole rings is 1. The summed E-state index contributed by atoms with van der Waals surface area (Å²) in [6.45, 7) is 0. The molecule has 4 rings (SSSR count). The van der Waals surface area contributed by atoms with Crippen LogP contribution in [-0.2, 0) is 0 Å². The predicted octanol–water partition coefficient (Wildman–Crippen LogP) is 3.28. The molecule has 0 saturated carbocycles. The number of nitrogens with one attached hydrogen (secondary N) is 1. The van der Waals surface area contributed by atoms with Crippen LogP contribution < -0.4 is 0 Å². The summed E-state index contributed by atoms with van der Waals surface area (Å²) in [4.78, 5) is 0. The van der Waals surface area contributed by atoms with Crippen molar-refractivity contribution < 1.29 is 4.42 Å². The van der Waals surface area contributed by atoms with Crippen molar-refractivity contribution in [2.45, 2.75) is 0 Å². The lowest BCUT2D eigenvalue weighted by molar-refractivity contribution is 0.617. The molecule has 0 fully saturated rings. The largest absolute Gasteiger partial charge is 0.464 e. The van der Waals surface area contributed by atoms with Crippen molar-refractivity contribution in [1.29, 1.82) is 0 Å². The van der Waals surface area contributed by atoms with E-state index in [1.165, 1.54) is 0 Å². The van der Waals surface area contributed by atoms with Gasteiger partial charge in [0.1, 0.15) is 5.58 Å². The first-order chi connectivity index (χ1) is 9.92.